The van der Waals surface area contributed by atoms with E-state index >= 15 is 0 Å². The van der Waals surface area contributed by atoms with Crippen LogP contribution in [0.4, 0.5) is 28.4 Å². The van der Waals surface area contributed by atoms with Crippen molar-refractivity contribution in [2.75, 3.05) is 10.2 Å². The largest absolute Gasteiger partial charge is 0.455 e. The average molecular weight is 983 g/mol. The maximum Gasteiger partial charge on any atom is 0.198 e. The summed E-state index contributed by atoms with van der Waals surface area (Å²) in [5.41, 5.74) is 27.1. The van der Waals surface area contributed by atoms with E-state index in [1.807, 2.05) is 0 Å². The maximum atomic E-state index is 7.32. The van der Waals surface area contributed by atoms with Gasteiger partial charge in [-0.2, -0.15) is 0 Å². The van der Waals surface area contributed by atoms with Crippen molar-refractivity contribution >= 4 is 68.6 Å². The molecule has 2 aliphatic carbocycles. The molecule has 0 atom stereocenters. The molecule has 3 nitrogen and oxygen atoms in total. The Morgan fingerprint density at radius 2 is 1.05 bits per heavy atom. The van der Waals surface area contributed by atoms with E-state index in [4.69, 9.17) is 4.42 Å². The molecular weight excluding hydrogens is 908 g/mol. The van der Waals surface area contributed by atoms with Gasteiger partial charge in [0.15, 0.2) is 7.28 Å². The van der Waals surface area contributed by atoms with Crippen LogP contribution in [0.15, 0.2) is 150 Å². The van der Waals surface area contributed by atoms with E-state index in [1.165, 1.54) is 96.3 Å². The van der Waals surface area contributed by atoms with Gasteiger partial charge in [-0.15, -0.1) is 0 Å². The van der Waals surface area contributed by atoms with Crippen molar-refractivity contribution in [1.82, 2.24) is 0 Å². The Balaban J connectivity index is 1.20. The molecule has 0 saturated heterocycles. The SMILES string of the molecule is CC(C)(C)c1ccc(Nc2cc3c(cc2-c2c4c(cc5c2oc2ccccc25)N(c2ccc(C(C)(C)C)cc2-c2ccccc2)c2ccc(C(C)(C)C)cc2B4)-c2cc4c(cc2C3(C)C)C(C)(C)CCC4(C)C)cc1. The molecule has 0 saturated carbocycles. The lowest BCUT2D eigenvalue weighted by Crippen LogP contribution is -2.41. The van der Waals surface area contributed by atoms with E-state index in [9.17, 15) is 0 Å². The van der Waals surface area contributed by atoms with Gasteiger partial charge in [-0.1, -0.05) is 194 Å². The number of rotatable bonds is 5. The first-order valence-electron chi connectivity index (χ1n) is 27.7. The lowest BCUT2D eigenvalue weighted by molar-refractivity contribution is 0.331. The van der Waals surface area contributed by atoms with Crippen LogP contribution in [0, 0.1) is 0 Å². The predicted molar refractivity (Wildman–Crippen MR) is 324 cm³/mol. The number of furan rings is 1. The van der Waals surface area contributed by atoms with Crippen molar-refractivity contribution in [3.05, 3.63) is 185 Å². The molecule has 1 aromatic heterocycles. The van der Waals surface area contributed by atoms with E-state index in [2.05, 4.69) is 260 Å². The number of anilines is 5. The molecule has 0 bridgehead atoms. The zero-order chi connectivity index (χ0) is 52.9. The van der Waals surface area contributed by atoms with Crippen LogP contribution in [0.5, 0.6) is 0 Å². The second kappa shape index (κ2) is 16.6. The van der Waals surface area contributed by atoms with Gasteiger partial charge in [-0.3, -0.25) is 0 Å². The highest BCUT2D eigenvalue weighted by molar-refractivity contribution is 6.74. The summed E-state index contributed by atoms with van der Waals surface area (Å²) in [6.07, 6.45) is 2.35. The Kier molecular flexibility index (Phi) is 10.9. The van der Waals surface area contributed by atoms with Gasteiger partial charge in [0.25, 0.3) is 0 Å². The molecule has 4 heteroatoms. The minimum Gasteiger partial charge on any atom is -0.455 e. The number of nitrogens with zero attached hydrogens (tertiary/aromatic N) is 1. The summed E-state index contributed by atoms with van der Waals surface area (Å²) in [7, 11) is 0.740. The second-order valence-corrected chi connectivity index (χ2v) is 27.4. The van der Waals surface area contributed by atoms with Gasteiger partial charge in [0, 0.05) is 55.6 Å². The van der Waals surface area contributed by atoms with Crippen LogP contribution in [0.1, 0.15) is 156 Å². The second-order valence-electron chi connectivity index (χ2n) is 27.4. The topological polar surface area (TPSA) is 28.4 Å². The zero-order valence-corrected chi connectivity index (χ0v) is 47.3. The highest BCUT2D eigenvalue weighted by atomic mass is 16.3. The van der Waals surface area contributed by atoms with Gasteiger partial charge in [-0.05, 0) is 162 Å². The third-order valence-electron chi connectivity index (χ3n) is 17.8. The molecule has 2 heterocycles. The van der Waals surface area contributed by atoms with Gasteiger partial charge in [0.05, 0.1) is 5.69 Å². The average Bonchev–Trinajstić information content (AvgIpc) is 3.83. The molecule has 75 heavy (non-hydrogen) atoms. The Morgan fingerprint density at radius 1 is 0.480 bits per heavy atom. The minimum atomic E-state index is -0.237. The minimum absolute atomic E-state index is 0.0355. The first-order chi connectivity index (χ1) is 35.3. The van der Waals surface area contributed by atoms with E-state index in [0.717, 1.165) is 57.4 Å². The van der Waals surface area contributed by atoms with Gasteiger partial charge in [-0.25, -0.2) is 0 Å². The van der Waals surface area contributed by atoms with Crippen molar-refractivity contribution in [2.24, 2.45) is 0 Å². The lowest BCUT2D eigenvalue weighted by Gasteiger charge is -2.42. The van der Waals surface area contributed by atoms with E-state index in [0.29, 0.717) is 0 Å². The van der Waals surface area contributed by atoms with Crippen molar-refractivity contribution in [3.8, 4) is 33.4 Å². The van der Waals surface area contributed by atoms with Crippen LogP contribution in [-0.2, 0) is 32.5 Å². The molecule has 378 valence electrons. The van der Waals surface area contributed by atoms with Crippen LogP contribution in [-0.4, -0.2) is 7.28 Å². The Bertz CT molecular complexity index is 3790. The molecule has 9 aromatic rings. The number of hydrogen-bond donors (Lipinski definition) is 1. The Labute approximate surface area is 448 Å². The maximum absolute atomic E-state index is 7.32. The standard InChI is InChI=1S/C71H75BN2O/c1-66(2,3)43-25-29-46(30-26-43)73-58-41-54-49(50-38-55-56(40-53(50)71(54,14)15)70(12,13)34-33-69(55,10)11)37-52(58)63-64-61(39-51-47-23-19-20-24-62(47)75-65(51)63)74(60-32-28-45(68(7,8)9)36-57(60)72-64)59-31-27-44(67(4,5)6)35-48(59)42-21-17-16-18-22-42/h16-32,35-41,72-73H,33-34H2,1-15H3. The lowest BCUT2D eigenvalue weighted by atomic mass is 9.57. The van der Waals surface area contributed by atoms with Crippen molar-refractivity contribution in [2.45, 2.75) is 149 Å². The van der Waals surface area contributed by atoms with Crippen molar-refractivity contribution < 1.29 is 4.42 Å². The monoisotopic (exact) mass is 983 g/mol. The first-order valence-corrected chi connectivity index (χ1v) is 27.7. The molecule has 8 aromatic carbocycles. The zero-order valence-electron chi connectivity index (χ0n) is 47.3. The summed E-state index contributed by atoms with van der Waals surface area (Å²) in [6, 6.07) is 56.0. The predicted octanol–water partition coefficient (Wildman–Crippen LogP) is 18.4. The first kappa shape index (κ1) is 49.1. The molecule has 0 fully saturated rings. The number of hydrogen-bond acceptors (Lipinski definition) is 3. The fourth-order valence-electron chi connectivity index (χ4n) is 12.9. The van der Waals surface area contributed by atoms with Gasteiger partial charge >= 0.3 is 0 Å². The summed E-state index contributed by atoms with van der Waals surface area (Å²) in [4.78, 5) is 2.60. The molecule has 3 aliphatic rings. The van der Waals surface area contributed by atoms with Crippen LogP contribution in [0.25, 0.3) is 55.3 Å². The molecule has 12 rings (SSSR count). The highest BCUT2D eigenvalue weighted by Gasteiger charge is 2.44. The third-order valence-corrected chi connectivity index (χ3v) is 17.8. The summed E-state index contributed by atoms with van der Waals surface area (Å²) < 4.78 is 7.32. The molecule has 0 spiro atoms. The van der Waals surface area contributed by atoms with E-state index in [1.54, 1.807) is 0 Å². The van der Waals surface area contributed by atoms with Crippen molar-refractivity contribution in [1.29, 1.82) is 0 Å². The number of para-hydroxylation sites is 1. The molecule has 1 aliphatic heterocycles. The summed E-state index contributed by atoms with van der Waals surface area (Å²) >= 11 is 0. The van der Waals surface area contributed by atoms with Crippen LogP contribution < -0.4 is 21.1 Å². The number of fused-ring (bicyclic) bond motifs is 9. The summed E-state index contributed by atoms with van der Waals surface area (Å²) in [5, 5.41) is 6.35. The Hall–Kier alpha value is -6.78. The fraction of sp³-hybridized carbons (Fsp3) is 0.324. The number of nitrogens with one attached hydrogen (secondary N) is 1. The van der Waals surface area contributed by atoms with Gasteiger partial charge in [0.1, 0.15) is 11.2 Å². The van der Waals surface area contributed by atoms with Crippen LogP contribution >= 0.6 is 0 Å². The smallest absolute Gasteiger partial charge is 0.198 e. The van der Waals surface area contributed by atoms with E-state index < -0.39 is 0 Å². The molecule has 0 radical (unpaired) electrons. The molecule has 1 N–H and O–H groups in total. The van der Waals surface area contributed by atoms with Crippen LogP contribution in [0.3, 0.4) is 0 Å². The van der Waals surface area contributed by atoms with Gasteiger partial charge < -0.3 is 14.6 Å². The molecule has 0 unspecified atom stereocenters. The molecule has 0 amide bonds. The highest BCUT2D eigenvalue weighted by Crippen LogP contribution is 2.57. The number of benzene rings is 8. The van der Waals surface area contributed by atoms with Crippen LogP contribution in [0.2, 0.25) is 0 Å². The van der Waals surface area contributed by atoms with E-state index in [-0.39, 0.29) is 32.5 Å². The quantitative estimate of drug-likeness (QED) is 0.174. The summed E-state index contributed by atoms with van der Waals surface area (Å²) in [6.45, 7) is 35.6. The third kappa shape index (κ3) is 7.99. The Morgan fingerprint density at radius 3 is 1.72 bits per heavy atom. The van der Waals surface area contributed by atoms with Gasteiger partial charge in [0.2, 0.25) is 0 Å². The fourth-order valence-corrected chi connectivity index (χ4v) is 12.9. The van der Waals surface area contributed by atoms with Crippen molar-refractivity contribution in [3.63, 3.8) is 0 Å². The molecular formula is C71H75BN2O. The normalized spacial score (nSPS) is 16.2. The summed E-state index contributed by atoms with van der Waals surface area (Å²) in [5.74, 6) is 0.